The topological polar surface area (TPSA) is 73.9 Å². The van der Waals surface area contributed by atoms with E-state index in [-0.39, 0.29) is 29.9 Å². The van der Waals surface area contributed by atoms with Crippen molar-refractivity contribution < 1.29 is 14.3 Å². The molecule has 1 aromatic rings. The molecule has 0 aromatic heterocycles. The SMILES string of the molecule is O=C(CCC1CCCO1)N1CCC(C2NNCC2C(=O)N2CCc3ccccc3C2)CC1. The van der Waals surface area contributed by atoms with Crippen molar-refractivity contribution in [1.82, 2.24) is 20.7 Å². The molecule has 0 aliphatic carbocycles. The number of hydrogen-bond donors (Lipinski definition) is 2. The number of fused-ring (bicyclic) bond motifs is 1. The van der Waals surface area contributed by atoms with E-state index in [0.29, 0.717) is 18.9 Å². The van der Waals surface area contributed by atoms with Gasteiger partial charge in [-0.2, -0.15) is 0 Å². The van der Waals surface area contributed by atoms with Gasteiger partial charge in [-0.05, 0) is 55.6 Å². The lowest BCUT2D eigenvalue weighted by molar-refractivity contribution is -0.138. The first-order valence-corrected chi connectivity index (χ1v) is 12.4. The number of nitrogens with one attached hydrogen (secondary N) is 2. The molecule has 3 fully saturated rings. The van der Waals surface area contributed by atoms with Crippen molar-refractivity contribution in [2.75, 3.05) is 32.8 Å². The van der Waals surface area contributed by atoms with Crippen LogP contribution in [0.15, 0.2) is 24.3 Å². The summed E-state index contributed by atoms with van der Waals surface area (Å²) in [6.07, 6.45) is 6.78. The number of likely N-dealkylation sites (tertiary alicyclic amines) is 1. The van der Waals surface area contributed by atoms with Gasteiger partial charge in [0.05, 0.1) is 12.0 Å². The third kappa shape index (κ3) is 4.70. The maximum absolute atomic E-state index is 13.4. The van der Waals surface area contributed by atoms with Crippen LogP contribution < -0.4 is 10.9 Å². The average molecular weight is 441 g/mol. The highest BCUT2D eigenvalue weighted by Crippen LogP contribution is 2.30. The average Bonchev–Trinajstić information content (AvgIpc) is 3.54. The predicted octanol–water partition coefficient (Wildman–Crippen LogP) is 1.86. The number of carbonyl (C=O) groups is 2. The molecule has 4 heterocycles. The van der Waals surface area contributed by atoms with Crippen LogP contribution in [0.2, 0.25) is 0 Å². The zero-order valence-electron chi connectivity index (χ0n) is 18.9. The number of hydrazine groups is 1. The van der Waals surface area contributed by atoms with Crippen molar-refractivity contribution >= 4 is 11.8 Å². The summed E-state index contributed by atoms with van der Waals surface area (Å²) in [6, 6.07) is 8.60. The zero-order valence-corrected chi connectivity index (χ0v) is 18.9. The minimum absolute atomic E-state index is 0.0352. The van der Waals surface area contributed by atoms with Crippen LogP contribution in [-0.2, 0) is 27.3 Å². The fourth-order valence-electron chi connectivity index (χ4n) is 5.94. The molecule has 32 heavy (non-hydrogen) atoms. The lowest BCUT2D eigenvalue weighted by atomic mass is 9.82. The molecule has 1 aromatic carbocycles. The maximum atomic E-state index is 13.4. The van der Waals surface area contributed by atoms with Crippen LogP contribution in [0, 0.1) is 11.8 Å². The molecular formula is C25H36N4O3. The normalized spacial score (nSPS) is 28.7. The molecular weight excluding hydrogens is 404 g/mol. The molecule has 7 nitrogen and oxygen atoms in total. The molecule has 4 aliphatic heterocycles. The smallest absolute Gasteiger partial charge is 0.228 e. The molecule has 5 rings (SSSR count). The van der Waals surface area contributed by atoms with Crippen molar-refractivity contribution in [3.05, 3.63) is 35.4 Å². The van der Waals surface area contributed by atoms with Crippen LogP contribution in [0.25, 0.3) is 0 Å². The Morgan fingerprint density at radius 2 is 1.84 bits per heavy atom. The zero-order chi connectivity index (χ0) is 21.9. The predicted molar refractivity (Wildman–Crippen MR) is 121 cm³/mol. The number of amides is 2. The van der Waals surface area contributed by atoms with Crippen LogP contribution in [0.5, 0.6) is 0 Å². The lowest BCUT2D eigenvalue weighted by Gasteiger charge is -2.38. The van der Waals surface area contributed by atoms with Crippen molar-refractivity contribution in [3.8, 4) is 0 Å². The van der Waals surface area contributed by atoms with Gasteiger partial charge in [0.1, 0.15) is 0 Å². The highest BCUT2D eigenvalue weighted by atomic mass is 16.5. The van der Waals surface area contributed by atoms with Crippen molar-refractivity contribution in [2.45, 2.75) is 63.6 Å². The Kier molecular flexibility index (Phi) is 6.76. The van der Waals surface area contributed by atoms with Crippen LogP contribution in [0.1, 0.15) is 49.7 Å². The van der Waals surface area contributed by atoms with Gasteiger partial charge in [-0.3, -0.25) is 20.4 Å². The first-order valence-electron chi connectivity index (χ1n) is 12.4. The fourth-order valence-corrected chi connectivity index (χ4v) is 5.94. The van der Waals surface area contributed by atoms with Gasteiger partial charge < -0.3 is 14.5 Å². The summed E-state index contributed by atoms with van der Waals surface area (Å²) in [6.45, 7) is 4.64. The summed E-state index contributed by atoms with van der Waals surface area (Å²) in [4.78, 5) is 30.1. The summed E-state index contributed by atoms with van der Waals surface area (Å²) < 4.78 is 5.66. The van der Waals surface area contributed by atoms with Gasteiger partial charge in [0.25, 0.3) is 0 Å². The van der Waals surface area contributed by atoms with E-state index < -0.39 is 0 Å². The third-order valence-electron chi connectivity index (χ3n) is 7.89. The molecule has 7 heteroatoms. The molecule has 0 bridgehead atoms. The minimum atomic E-state index is -0.0352. The Balaban J connectivity index is 1.13. The number of rotatable bonds is 5. The van der Waals surface area contributed by atoms with E-state index in [1.54, 1.807) is 0 Å². The second-order valence-corrected chi connectivity index (χ2v) is 9.83. The molecule has 3 saturated heterocycles. The Bertz CT molecular complexity index is 817. The molecule has 4 aliphatic rings. The van der Waals surface area contributed by atoms with Crippen LogP contribution in [-0.4, -0.2) is 66.5 Å². The van der Waals surface area contributed by atoms with Gasteiger partial charge in [0.15, 0.2) is 0 Å². The van der Waals surface area contributed by atoms with Crippen LogP contribution in [0.3, 0.4) is 0 Å². The second kappa shape index (κ2) is 9.89. The molecule has 0 radical (unpaired) electrons. The first kappa shape index (κ1) is 21.9. The van der Waals surface area contributed by atoms with E-state index in [0.717, 1.165) is 71.3 Å². The van der Waals surface area contributed by atoms with Crippen molar-refractivity contribution in [2.24, 2.45) is 11.8 Å². The molecule has 2 N–H and O–H groups in total. The van der Waals surface area contributed by atoms with Crippen molar-refractivity contribution in [3.63, 3.8) is 0 Å². The second-order valence-electron chi connectivity index (χ2n) is 9.83. The van der Waals surface area contributed by atoms with Gasteiger partial charge in [-0.15, -0.1) is 0 Å². The Morgan fingerprint density at radius 1 is 1.03 bits per heavy atom. The molecule has 174 valence electrons. The minimum Gasteiger partial charge on any atom is -0.378 e. The monoisotopic (exact) mass is 440 g/mol. The van der Waals surface area contributed by atoms with E-state index in [1.165, 1.54) is 11.1 Å². The summed E-state index contributed by atoms with van der Waals surface area (Å²) in [5.74, 6) is 0.901. The molecule has 3 unspecified atom stereocenters. The quantitative estimate of drug-likeness (QED) is 0.731. The summed E-state index contributed by atoms with van der Waals surface area (Å²) in [7, 11) is 0. The van der Waals surface area contributed by atoms with Crippen LogP contribution in [0.4, 0.5) is 0 Å². The molecule has 0 spiro atoms. The van der Waals surface area contributed by atoms with Gasteiger partial charge >= 0.3 is 0 Å². The number of hydrogen-bond acceptors (Lipinski definition) is 5. The fraction of sp³-hybridized carbons (Fsp3) is 0.680. The first-order chi connectivity index (χ1) is 15.7. The highest BCUT2D eigenvalue weighted by Gasteiger charge is 2.41. The number of nitrogens with zero attached hydrogens (tertiary/aromatic N) is 2. The van der Waals surface area contributed by atoms with Crippen LogP contribution >= 0.6 is 0 Å². The Labute approximate surface area is 190 Å². The standard InChI is InChI=1S/C25H36N4O3/c30-23(8-7-21-6-3-15-32-21)28-12-10-19(11-13-28)24-22(16-26-27-24)25(31)29-14-9-18-4-1-2-5-20(18)17-29/h1-2,4-5,19,21-22,24,26-27H,3,6-17H2. The maximum Gasteiger partial charge on any atom is 0.228 e. The number of ether oxygens (including phenoxy) is 1. The number of benzene rings is 1. The molecule has 0 saturated carbocycles. The molecule has 2 amide bonds. The third-order valence-corrected chi connectivity index (χ3v) is 7.89. The lowest BCUT2D eigenvalue weighted by Crippen LogP contribution is -2.50. The van der Waals surface area contributed by atoms with Gasteiger partial charge in [-0.25, -0.2) is 0 Å². The van der Waals surface area contributed by atoms with Gasteiger partial charge in [-0.1, -0.05) is 24.3 Å². The van der Waals surface area contributed by atoms with E-state index in [2.05, 4.69) is 35.1 Å². The van der Waals surface area contributed by atoms with E-state index in [1.807, 2.05) is 9.80 Å². The Hall–Kier alpha value is -1.96. The summed E-state index contributed by atoms with van der Waals surface area (Å²) in [5, 5.41) is 0. The number of piperidine rings is 1. The van der Waals surface area contributed by atoms with E-state index >= 15 is 0 Å². The van der Waals surface area contributed by atoms with Crippen molar-refractivity contribution in [1.29, 1.82) is 0 Å². The molecule has 3 atom stereocenters. The Morgan fingerprint density at radius 3 is 2.62 bits per heavy atom. The van der Waals surface area contributed by atoms with Gasteiger partial charge in [0, 0.05) is 51.8 Å². The number of carbonyl (C=O) groups excluding carboxylic acids is 2. The van der Waals surface area contributed by atoms with E-state index in [9.17, 15) is 9.59 Å². The summed E-state index contributed by atoms with van der Waals surface area (Å²) >= 11 is 0. The van der Waals surface area contributed by atoms with E-state index in [4.69, 9.17) is 4.74 Å². The highest BCUT2D eigenvalue weighted by molar-refractivity contribution is 5.80. The summed E-state index contributed by atoms with van der Waals surface area (Å²) in [5.41, 5.74) is 9.30. The largest absolute Gasteiger partial charge is 0.378 e. The van der Waals surface area contributed by atoms with Gasteiger partial charge in [0.2, 0.25) is 11.8 Å².